The highest BCUT2D eigenvalue weighted by atomic mass is 16.5. The van der Waals surface area contributed by atoms with Gasteiger partial charge in [-0.1, -0.05) is 38.0 Å². The molecule has 1 aromatic rings. The number of aryl methyl sites for hydroxylation is 1. The summed E-state index contributed by atoms with van der Waals surface area (Å²) >= 11 is 0. The van der Waals surface area contributed by atoms with Crippen molar-refractivity contribution in [3.05, 3.63) is 29.3 Å². The van der Waals surface area contributed by atoms with Crippen LogP contribution in [-0.4, -0.2) is 13.2 Å². The highest BCUT2D eigenvalue weighted by Gasteiger charge is 2.11. The minimum absolute atomic E-state index is 0.349. The van der Waals surface area contributed by atoms with Gasteiger partial charge in [-0.15, -0.1) is 0 Å². The molecule has 18 heavy (non-hydrogen) atoms. The molecule has 1 N–H and O–H groups in total. The zero-order valence-corrected chi connectivity index (χ0v) is 12.3. The van der Waals surface area contributed by atoms with Gasteiger partial charge in [-0.3, -0.25) is 0 Å². The van der Waals surface area contributed by atoms with Crippen LogP contribution in [0.1, 0.15) is 57.2 Å². The van der Waals surface area contributed by atoms with E-state index >= 15 is 0 Å². The van der Waals surface area contributed by atoms with Gasteiger partial charge in [0.25, 0.3) is 0 Å². The number of unbranched alkanes of at least 4 members (excludes halogenated alkanes) is 1. The molecule has 1 rings (SSSR count). The van der Waals surface area contributed by atoms with Gasteiger partial charge < -0.3 is 10.1 Å². The molecule has 2 nitrogen and oxygen atoms in total. The first-order chi connectivity index (χ1) is 8.69. The summed E-state index contributed by atoms with van der Waals surface area (Å²) in [6.07, 6.45) is 3.44. The largest absolute Gasteiger partial charge is 0.493 e. The maximum absolute atomic E-state index is 5.89. The molecule has 0 amide bonds. The van der Waals surface area contributed by atoms with Gasteiger partial charge in [0.2, 0.25) is 0 Å². The van der Waals surface area contributed by atoms with Crippen molar-refractivity contribution in [1.29, 1.82) is 0 Å². The van der Waals surface area contributed by atoms with E-state index in [1.165, 1.54) is 17.5 Å². The monoisotopic (exact) mass is 249 g/mol. The third-order valence-electron chi connectivity index (χ3n) is 3.09. The molecular weight excluding hydrogens is 222 g/mol. The lowest BCUT2D eigenvalue weighted by Crippen LogP contribution is -2.20. The third kappa shape index (κ3) is 4.69. The van der Waals surface area contributed by atoms with Crippen LogP contribution in [0, 0.1) is 6.92 Å². The van der Waals surface area contributed by atoms with Gasteiger partial charge in [-0.25, -0.2) is 0 Å². The number of nitrogens with one attached hydrogen (secondary N) is 1. The van der Waals surface area contributed by atoms with Crippen molar-refractivity contribution in [2.75, 3.05) is 13.2 Å². The minimum atomic E-state index is 0.349. The maximum Gasteiger partial charge on any atom is 0.124 e. The summed E-state index contributed by atoms with van der Waals surface area (Å²) in [4.78, 5) is 0. The summed E-state index contributed by atoms with van der Waals surface area (Å²) in [5.41, 5.74) is 2.57. The van der Waals surface area contributed by atoms with Gasteiger partial charge in [-0.2, -0.15) is 0 Å². The van der Waals surface area contributed by atoms with Gasteiger partial charge in [0.1, 0.15) is 5.75 Å². The predicted octanol–water partition coefficient (Wildman–Crippen LogP) is 4.23. The van der Waals surface area contributed by atoms with Gasteiger partial charge in [0.05, 0.1) is 6.61 Å². The second-order valence-electron chi connectivity index (χ2n) is 4.92. The van der Waals surface area contributed by atoms with Crippen molar-refractivity contribution in [3.8, 4) is 5.75 Å². The van der Waals surface area contributed by atoms with Crippen LogP contribution in [0.25, 0.3) is 0 Å². The average molecular weight is 249 g/mol. The van der Waals surface area contributed by atoms with Gasteiger partial charge in [-0.05, 0) is 39.3 Å². The smallest absolute Gasteiger partial charge is 0.124 e. The summed E-state index contributed by atoms with van der Waals surface area (Å²) in [5.74, 6) is 1.03. The molecule has 102 valence electrons. The summed E-state index contributed by atoms with van der Waals surface area (Å²) in [6, 6.07) is 6.80. The molecule has 1 unspecified atom stereocenters. The zero-order chi connectivity index (χ0) is 13.4. The fourth-order valence-corrected chi connectivity index (χ4v) is 1.93. The van der Waals surface area contributed by atoms with Crippen molar-refractivity contribution >= 4 is 0 Å². The van der Waals surface area contributed by atoms with Crippen LogP contribution in [0.5, 0.6) is 5.75 Å². The molecule has 1 atom stereocenters. The lowest BCUT2D eigenvalue weighted by atomic mass is 10.0. The van der Waals surface area contributed by atoms with Crippen molar-refractivity contribution < 1.29 is 4.74 Å². The Bertz CT molecular complexity index is 349. The zero-order valence-electron chi connectivity index (χ0n) is 12.3. The van der Waals surface area contributed by atoms with Crippen LogP contribution in [0.15, 0.2) is 18.2 Å². The summed E-state index contributed by atoms with van der Waals surface area (Å²) < 4.78 is 5.89. The number of ether oxygens (including phenoxy) is 1. The van der Waals surface area contributed by atoms with Crippen molar-refractivity contribution in [2.45, 2.75) is 53.0 Å². The summed E-state index contributed by atoms with van der Waals surface area (Å²) in [5, 5.41) is 3.53. The molecule has 0 saturated carbocycles. The molecule has 0 radical (unpaired) electrons. The minimum Gasteiger partial charge on any atom is -0.493 e. The molecule has 0 aromatic heterocycles. The molecule has 0 aliphatic heterocycles. The molecule has 0 spiro atoms. The van der Waals surface area contributed by atoms with Gasteiger partial charge in [0.15, 0.2) is 0 Å². The normalized spacial score (nSPS) is 12.4. The Labute approximate surface area is 112 Å². The van der Waals surface area contributed by atoms with Crippen LogP contribution in [0.4, 0.5) is 0 Å². The second kappa shape index (κ2) is 8.15. The molecule has 0 saturated heterocycles. The first-order valence-corrected chi connectivity index (χ1v) is 7.15. The van der Waals surface area contributed by atoms with E-state index in [4.69, 9.17) is 4.74 Å². The van der Waals surface area contributed by atoms with Crippen molar-refractivity contribution in [2.24, 2.45) is 0 Å². The molecular formula is C16H27NO. The molecule has 1 aromatic carbocycles. The van der Waals surface area contributed by atoms with E-state index in [9.17, 15) is 0 Å². The first-order valence-electron chi connectivity index (χ1n) is 7.15. The Morgan fingerprint density at radius 2 is 2.00 bits per heavy atom. The fourth-order valence-electron chi connectivity index (χ4n) is 1.93. The lowest BCUT2D eigenvalue weighted by Gasteiger charge is -2.19. The van der Waals surface area contributed by atoms with E-state index in [-0.39, 0.29) is 0 Å². The van der Waals surface area contributed by atoms with Crippen LogP contribution in [0.3, 0.4) is 0 Å². The predicted molar refractivity (Wildman–Crippen MR) is 78.3 cm³/mol. The van der Waals surface area contributed by atoms with Crippen LogP contribution >= 0.6 is 0 Å². The fraction of sp³-hybridized carbons (Fsp3) is 0.625. The standard InChI is InChI=1S/C16H27NO/c1-5-7-11-18-16-9-8-13(3)12-15(16)14(4)17-10-6-2/h8-9,12,14,17H,5-7,10-11H2,1-4H3. The van der Waals surface area contributed by atoms with Crippen molar-refractivity contribution in [3.63, 3.8) is 0 Å². The lowest BCUT2D eigenvalue weighted by molar-refractivity contribution is 0.303. The van der Waals surface area contributed by atoms with Crippen molar-refractivity contribution in [1.82, 2.24) is 5.32 Å². The quantitative estimate of drug-likeness (QED) is 0.696. The average Bonchev–Trinajstić information content (AvgIpc) is 2.38. The van der Waals surface area contributed by atoms with Crippen LogP contribution in [-0.2, 0) is 0 Å². The van der Waals surface area contributed by atoms with E-state index in [0.717, 1.165) is 31.7 Å². The second-order valence-corrected chi connectivity index (χ2v) is 4.92. The molecule has 0 aliphatic rings. The van der Waals surface area contributed by atoms with Crippen LogP contribution in [0.2, 0.25) is 0 Å². The van der Waals surface area contributed by atoms with Gasteiger partial charge >= 0.3 is 0 Å². The Kier molecular flexibility index (Phi) is 6.81. The highest BCUT2D eigenvalue weighted by molar-refractivity contribution is 5.38. The number of hydrogen-bond donors (Lipinski definition) is 1. The Morgan fingerprint density at radius 3 is 2.67 bits per heavy atom. The number of benzene rings is 1. The van der Waals surface area contributed by atoms with E-state index in [1.54, 1.807) is 0 Å². The third-order valence-corrected chi connectivity index (χ3v) is 3.09. The summed E-state index contributed by atoms with van der Waals surface area (Å²) in [7, 11) is 0. The molecule has 0 aliphatic carbocycles. The van der Waals surface area contributed by atoms with Crippen LogP contribution < -0.4 is 10.1 Å². The number of rotatable bonds is 8. The molecule has 0 bridgehead atoms. The topological polar surface area (TPSA) is 21.3 Å². The molecule has 0 heterocycles. The Morgan fingerprint density at radius 1 is 1.22 bits per heavy atom. The Balaban J connectivity index is 2.75. The summed E-state index contributed by atoms with van der Waals surface area (Å²) in [6.45, 7) is 10.6. The maximum atomic E-state index is 5.89. The van der Waals surface area contributed by atoms with E-state index in [0.29, 0.717) is 6.04 Å². The molecule has 2 heteroatoms. The SMILES string of the molecule is CCCCOc1ccc(C)cc1C(C)NCCC. The number of hydrogen-bond acceptors (Lipinski definition) is 2. The highest BCUT2D eigenvalue weighted by Crippen LogP contribution is 2.26. The van der Waals surface area contributed by atoms with Gasteiger partial charge in [0, 0.05) is 11.6 Å². The Hall–Kier alpha value is -1.02. The molecule has 0 fully saturated rings. The van der Waals surface area contributed by atoms with E-state index in [2.05, 4.69) is 51.2 Å². The first kappa shape index (κ1) is 15.0. The van der Waals surface area contributed by atoms with E-state index in [1.807, 2.05) is 0 Å². The van der Waals surface area contributed by atoms with E-state index < -0.39 is 0 Å².